The number of morpholine rings is 1. The summed E-state index contributed by atoms with van der Waals surface area (Å²) in [6.45, 7) is 4.57. The zero-order valence-electron chi connectivity index (χ0n) is 14.9. The summed E-state index contributed by atoms with van der Waals surface area (Å²) in [4.78, 5) is 24.6. The van der Waals surface area contributed by atoms with E-state index in [1.807, 2.05) is 0 Å². The Bertz CT molecular complexity index is 827. The molecule has 1 aliphatic rings. The van der Waals surface area contributed by atoms with Crippen molar-refractivity contribution < 1.29 is 23.1 Å². The van der Waals surface area contributed by atoms with Crippen molar-refractivity contribution in [2.75, 3.05) is 23.8 Å². The first-order chi connectivity index (χ1) is 12.5. The Hall–Kier alpha value is -2.42. The zero-order chi connectivity index (χ0) is 18.7. The molecule has 1 aliphatic heterocycles. The SMILES string of the molecule is Cc1occc1C(=O)Nc1cc(NC(=O)[C@H]2NCCO[C@@H]2C)ccc1F.Cl. The van der Waals surface area contributed by atoms with Crippen molar-refractivity contribution in [3.63, 3.8) is 0 Å². The van der Waals surface area contributed by atoms with Crippen LogP contribution in [0.25, 0.3) is 0 Å². The predicted molar refractivity (Wildman–Crippen MR) is 101 cm³/mol. The molecule has 3 rings (SSSR count). The van der Waals surface area contributed by atoms with Gasteiger partial charge in [-0.2, -0.15) is 0 Å². The van der Waals surface area contributed by atoms with Crippen LogP contribution in [0.1, 0.15) is 23.0 Å². The van der Waals surface area contributed by atoms with Crippen molar-refractivity contribution in [1.29, 1.82) is 0 Å². The molecule has 9 heteroatoms. The highest BCUT2D eigenvalue weighted by Gasteiger charge is 2.28. The number of carbonyl (C=O) groups excluding carboxylic acids is 2. The third-order valence-electron chi connectivity index (χ3n) is 4.18. The van der Waals surface area contributed by atoms with Gasteiger partial charge in [-0.15, -0.1) is 12.4 Å². The number of amides is 2. The molecule has 0 unspecified atom stereocenters. The van der Waals surface area contributed by atoms with Crippen molar-refractivity contribution in [3.8, 4) is 0 Å². The molecule has 1 fully saturated rings. The molecule has 3 N–H and O–H groups in total. The lowest BCUT2D eigenvalue weighted by atomic mass is 10.1. The number of aryl methyl sites for hydroxylation is 1. The normalized spacial score (nSPS) is 19.1. The number of nitrogens with one attached hydrogen (secondary N) is 3. The Kier molecular flexibility index (Phi) is 6.95. The molecule has 7 nitrogen and oxygen atoms in total. The zero-order valence-corrected chi connectivity index (χ0v) is 15.7. The van der Waals surface area contributed by atoms with Crippen molar-refractivity contribution >= 4 is 35.6 Å². The van der Waals surface area contributed by atoms with Gasteiger partial charge >= 0.3 is 0 Å². The Morgan fingerprint density at radius 2 is 2.04 bits per heavy atom. The minimum absolute atomic E-state index is 0. The van der Waals surface area contributed by atoms with Gasteiger partial charge in [0.2, 0.25) is 5.91 Å². The number of halogens is 2. The number of rotatable bonds is 4. The van der Waals surface area contributed by atoms with Gasteiger partial charge < -0.3 is 25.1 Å². The van der Waals surface area contributed by atoms with Gasteiger partial charge in [0.1, 0.15) is 17.6 Å². The quantitative estimate of drug-likeness (QED) is 0.737. The third-order valence-corrected chi connectivity index (χ3v) is 4.18. The first-order valence-corrected chi connectivity index (χ1v) is 8.26. The fourth-order valence-corrected chi connectivity index (χ4v) is 2.76. The number of anilines is 2. The number of carbonyl (C=O) groups is 2. The number of benzene rings is 1. The molecule has 27 heavy (non-hydrogen) atoms. The summed E-state index contributed by atoms with van der Waals surface area (Å²) in [6, 6.07) is 4.99. The van der Waals surface area contributed by atoms with Crippen LogP contribution in [-0.4, -0.2) is 37.1 Å². The second-order valence-electron chi connectivity index (χ2n) is 6.04. The summed E-state index contributed by atoms with van der Waals surface area (Å²) in [7, 11) is 0. The maximum Gasteiger partial charge on any atom is 0.259 e. The summed E-state index contributed by atoms with van der Waals surface area (Å²) < 4.78 is 24.6. The van der Waals surface area contributed by atoms with Crippen LogP contribution in [0.15, 0.2) is 34.9 Å². The summed E-state index contributed by atoms with van der Waals surface area (Å²) in [5.74, 6) is -0.948. The summed E-state index contributed by atoms with van der Waals surface area (Å²) >= 11 is 0. The fraction of sp³-hybridized carbons (Fsp3) is 0.333. The van der Waals surface area contributed by atoms with Crippen molar-refractivity contribution in [2.24, 2.45) is 0 Å². The monoisotopic (exact) mass is 397 g/mol. The molecular weight excluding hydrogens is 377 g/mol. The van der Waals surface area contributed by atoms with E-state index >= 15 is 0 Å². The van der Waals surface area contributed by atoms with Gasteiger partial charge in [-0.25, -0.2) is 4.39 Å². The molecule has 0 spiro atoms. The van der Waals surface area contributed by atoms with Gasteiger partial charge in [-0.05, 0) is 38.1 Å². The second-order valence-corrected chi connectivity index (χ2v) is 6.04. The maximum atomic E-state index is 14.0. The van der Waals surface area contributed by atoms with Gasteiger partial charge in [0.05, 0.1) is 30.2 Å². The number of hydrogen-bond acceptors (Lipinski definition) is 5. The van der Waals surface area contributed by atoms with Gasteiger partial charge in [-0.1, -0.05) is 0 Å². The van der Waals surface area contributed by atoms with Crippen LogP contribution < -0.4 is 16.0 Å². The smallest absolute Gasteiger partial charge is 0.259 e. The molecule has 2 heterocycles. The topological polar surface area (TPSA) is 92.6 Å². The number of furan rings is 1. The van der Waals surface area contributed by atoms with Crippen molar-refractivity contribution in [1.82, 2.24) is 5.32 Å². The largest absolute Gasteiger partial charge is 0.469 e. The molecule has 2 amide bonds. The van der Waals surface area contributed by atoms with Gasteiger partial charge in [0, 0.05) is 12.2 Å². The number of ether oxygens (including phenoxy) is 1. The lowest BCUT2D eigenvalue weighted by molar-refractivity contribution is -0.123. The summed E-state index contributed by atoms with van der Waals surface area (Å²) in [5.41, 5.74) is 0.653. The highest BCUT2D eigenvalue weighted by Crippen LogP contribution is 2.22. The average Bonchev–Trinajstić information content (AvgIpc) is 3.04. The highest BCUT2D eigenvalue weighted by atomic mass is 35.5. The van der Waals surface area contributed by atoms with Crippen LogP contribution in [0.4, 0.5) is 15.8 Å². The minimum atomic E-state index is -0.606. The van der Waals surface area contributed by atoms with Gasteiger partial charge in [0.15, 0.2) is 0 Å². The summed E-state index contributed by atoms with van der Waals surface area (Å²) in [6.07, 6.45) is 1.12. The van der Waals surface area contributed by atoms with E-state index in [4.69, 9.17) is 9.15 Å². The first-order valence-electron chi connectivity index (χ1n) is 8.26. The number of hydrogen-bond donors (Lipinski definition) is 3. The van der Waals surface area contributed by atoms with Gasteiger partial charge in [0.25, 0.3) is 5.91 Å². The van der Waals surface area contributed by atoms with Crippen LogP contribution in [0.3, 0.4) is 0 Å². The Morgan fingerprint density at radius 3 is 2.70 bits per heavy atom. The maximum absolute atomic E-state index is 14.0. The minimum Gasteiger partial charge on any atom is -0.469 e. The van der Waals surface area contributed by atoms with E-state index in [0.29, 0.717) is 30.2 Å². The molecule has 0 saturated carbocycles. The molecule has 0 aliphatic carbocycles. The fourth-order valence-electron chi connectivity index (χ4n) is 2.76. The summed E-state index contributed by atoms with van der Waals surface area (Å²) in [5, 5.41) is 8.28. The van der Waals surface area contributed by atoms with Crippen LogP contribution >= 0.6 is 12.4 Å². The van der Waals surface area contributed by atoms with E-state index in [1.54, 1.807) is 13.8 Å². The van der Waals surface area contributed by atoms with Crippen LogP contribution in [0, 0.1) is 12.7 Å². The van der Waals surface area contributed by atoms with E-state index in [-0.39, 0.29) is 30.1 Å². The third kappa shape index (κ3) is 4.85. The lowest BCUT2D eigenvalue weighted by Gasteiger charge is -2.29. The van der Waals surface area contributed by atoms with Crippen molar-refractivity contribution in [2.45, 2.75) is 26.0 Å². The molecule has 0 bridgehead atoms. The Labute approximate surface area is 162 Å². The molecule has 2 atom stereocenters. The molecular formula is C18H21ClFN3O4. The van der Waals surface area contributed by atoms with E-state index in [2.05, 4.69) is 16.0 Å². The van der Waals surface area contributed by atoms with Gasteiger partial charge in [-0.3, -0.25) is 9.59 Å². The van der Waals surface area contributed by atoms with E-state index in [0.717, 1.165) is 0 Å². The molecule has 0 radical (unpaired) electrons. The first kappa shape index (κ1) is 20.9. The standard InChI is InChI=1S/C18H20FN3O4.ClH/c1-10-13(5-7-25-10)17(23)22-15-9-12(3-4-14(15)19)21-18(24)16-11(2)26-8-6-20-16;/h3-5,7,9,11,16,20H,6,8H2,1-2H3,(H,21,24)(H,22,23);1H/t11-,16+;/m1./s1. The molecule has 1 saturated heterocycles. The van der Waals surface area contributed by atoms with Crippen LogP contribution in [0.2, 0.25) is 0 Å². The Morgan fingerprint density at radius 1 is 1.26 bits per heavy atom. The second kappa shape index (κ2) is 8.98. The average molecular weight is 398 g/mol. The Balaban J connectivity index is 0.00000261. The van der Waals surface area contributed by atoms with Crippen LogP contribution in [-0.2, 0) is 9.53 Å². The predicted octanol–water partition coefficient (Wildman–Crippen LogP) is 2.72. The van der Waals surface area contributed by atoms with E-state index in [9.17, 15) is 14.0 Å². The molecule has 1 aromatic carbocycles. The van der Waals surface area contributed by atoms with E-state index < -0.39 is 17.8 Å². The van der Waals surface area contributed by atoms with E-state index in [1.165, 1.54) is 30.5 Å². The molecule has 1 aromatic heterocycles. The molecule has 2 aromatic rings. The molecule has 146 valence electrons. The highest BCUT2D eigenvalue weighted by molar-refractivity contribution is 6.05. The lowest BCUT2D eigenvalue weighted by Crippen LogP contribution is -2.53. The van der Waals surface area contributed by atoms with Crippen molar-refractivity contribution in [3.05, 3.63) is 47.7 Å². The van der Waals surface area contributed by atoms with Crippen LogP contribution in [0.5, 0.6) is 0 Å².